The fourth-order valence-electron chi connectivity index (χ4n) is 3.47. The monoisotopic (exact) mass is 254 g/mol. The number of hydrogen-bond acceptors (Lipinski definition) is 3. The molecule has 2 unspecified atom stereocenters. The van der Waals surface area contributed by atoms with E-state index in [1.807, 2.05) is 0 Å². The van der Waals surface area contributed by atoms with Crippen LogP contribution in [0.5, 0.6) is 0 Å². The highest BCUT2D eigenvalue weighted by molar-refractivity contribution is 4.74. The molecule has 0 amide bonds. The summed E-state index contributed by atoms with van der Waals surface area (Å²) in [6, 6.07) is 0. The Kier molecular flexibility index (Phi) is 5.93. The lowest BCUT2D eigenvalue weighted by molar-refractivity contribution is 0.0245. The van der Waals surface area contributed by atoms with Crippen LogP contribution in [0.25, 0.3) is 0 Å². The van der Waals surface area contributed by atoms with Crippen molar-refractivity contribution in [2.75, 3.05) is 39.3 Å². The standard InChI is InChI=1S/C15H30N2O/c1-13-10-14(2)12-17(11-13)8-3-9-18-15-4-6-16-7-5-15/h13-16H,3-12H2,1-2H3. The molecule has 2 atom stereocenters. The smallest absolute Gasteiger partial charge is 0.0599 e. The van der Waals surface area contributed by atoms with E-state index in [4.69, 9.17) is 4.74 Å². The molecule has 2 saturated heterocycles. The second-order valence-electron chi connectivity index (χ2n) is 6.38. The van der Waals surface area contributed by atoms with Gasteiger partial charge in [-0.15, -0.1) is 0 Å². The number of rotatable bonds is 5. The van der Waals surface area contributed by atoms with E-state index in [0.717, 1.165) is 31.5 Å². The van der Waals surface area contributed by atoms with E-state index in [9.17, 15) is 0 Å². The molecule has 0 saturated carbocycles. The van der Waals surface area contributed by atoms with Gasteiger partial charge in [0, 0.05) is 26.2 Å². The molecule has 3 nitrogen and oxygen atoms in total. The van der Waals surface area contributed by atoms with Gasteiger partial charge in [-0.1, -0.05) is 13.8 Å². The predicted octanol–water partition coefficient (Wildman–Crippen LogP) is 2.12. The summed E-state index contributed by atoms with van der Waals surface area (Å²) in [7, 11) is 0. The Hall–Kier alpha value is -0.120. The molecule has 2 heterocycles. The van der Waals surface area contributed by atoms with Gasteiger partial charge in [0.05, 0.1) is 6.10 Å². The van der Waals surface area contributed by atoms with E-state index < -0.39 is 0 Å². The first-order valence-corrected chi connectivity index (χ1v) is 7.78. The Labute approximate surface area is 112 Å². The third-order valence-corrected chi connectivity index (χ3v) is 4.20. The van der Waals surface area contributed by atoms with Crippen molar-refractivity contribution >= 4 is 0 Å². The summed E-state index contributed by atoms with van der Waals surface area (Å²) in [5, 5.41) is 3.38. The van der Waals surface area contributed by atoms with Gasteiger partial charge in [-0.3, -0.25) is 0 Å². The van der Waals surface area contributed by atoms with Crippen molar-refractivity contribution < 1.29 is 4.74 Å². The van der Waals surface area contributed by atoms with Crippen LogP contribution < -0.4 is 5.32 Å². The van der Waals surface area contributed by atoms with Gasteiger partial charge in [-0.25, -0.2) is 0 Å². The number of nitrogens with one attached hydrogen (secondary N) is 1. The number of likely N-dealkylation sites (tertiary alicyclic amines) is 1. The van der Waals surface area contributed by atoms with Gasteiger partial charge < -0.3 is 15.0 Å². The summed E-state index contributed by atoms with van der Waals surface area (Å²) >= 11 is 0. The lowest BCUT2D eigenvalue weighted by Gasteiger charge is -2.35. The molecule has 3 heteroatoms. The Balaban J connectivity index is 1.54. The Morgan fingerprint density at radius 2 is 1.78 bits per heavy atom. The molecule has 106 valence electrons. The van der Waals surface area contributed by atoms with Crippen LogP contribution in [0.3, 0.4) is 0 Å². The van der Waals surface area contributed by atoms with E-state index in [-0.39, 0.29) is 0 Å². The van der Waals surface area contributed by atoms with Gasteiger partial charge in [0.2, 0.25) is 0 Å². The van der Waals surface area contributed by atoms with Crippen molar-refractivity contribution in [3.8, 4) is 0 Å². The summed E-state index contributed by atoms with van der Waals surface area (Å²) in [5.74, 6) is 1.75. The number of ether oxygens (including phenoxy) is 1. The molecule has 2 aliphatic heterocycles. The van der Waals surface area contributed by atoms with Crippen LogP contribution in [0, 0.1) is 11.8 Å². The molecule has 1 N–H and O–H groups in total. The SMILES string of the molecule is CC1CC(C)CN(CCCOC2CCNCC2)C1. The molecule has 2 aliphatic rings. The third-order valence-electron chi connectivity index (χ3n) is 4.20. The maximum atomic E-state index is 5.96. The molecule has 0 radical (unpaired) electrons. The Bertz CT molecular complexity index is 219. The molecule has 0 bridgehead atoms. The molecule has 0 aromatic heterocycles. The molecule has 2 rings (SSSR count). The molecule has 0 aromatic carbocycles. The van der Waals surface area contributed by atoms with E-state index in [0.29, 0.717) is 6.10 Å². The fourth-order valence-corrected chi connectivity index (χ4v) is 3.47. The Morgan fingerprint density at radius 3 is 2.44 bits per heavy atom. The van der Waals surface area contributed by atoms with Crippen LogP contribution in [0.1, 0.15) is 39.5 Å². The highest BCUT2D eigenvalue weighted by atomic mass is 16.5. The summed E-state index contributed by atoms with van der Waals surface area (Å²) in [5.41, 5.74) is 0. The lowest BCUT2D eigenvalue weighted by Crippen LogP contribution is -2.39. The average molecular weight is 254 g/mol. The van der Waals surface area contributed by atoms with Crippen molar-refractivity contribution in [1.82, 2.24) is 10.2 Å². The zero-order valence-electron chi connectivity index (χ0n) is 12.2. The zero-order valence-corrected chi connectivity index (χ0v) is 12.2. The number of piperidine rings is 2. The molecule has 0 aliphatic carbocycles. The number of nitrogens with zero attached hydrogens (tertiary/aromatic N) is 1. The van der Waals surface area contributed by atoms with Crippen molar-refractivity contribution in [2.45, 2.75) is 45.6 Å². The van der Waals surface area contributed by atoms with E-state index in [2.05, 4.69) is 24.1 Å². The summed E-state index contributed by atoms with van der Waals surface area (Å²) in [6.07, 6.45) is 5.51. The summed E-state index contributed by atoms with van der Waals surface area (Å²) < 4.78 is 5.96. The molecule has 0 aromatic rings. The largest absolute Gasteiger partial charge is 0.378 e. The molecular weight excluding hydrogens is 224 g/mol. The first-order chi connectivity index (χ1) is 8.74. The first-order valence-electron chi connectivity index (χ1n) is 7.78. The molecular formula is C15H30N2O. The van der Waals surface area contributed by atoms with E-state index in [1.54, 1.807) is 0 Å². The van der Waals surface area contributed by atoms with Crippen LogP contribution in [0.15, 0.2) is 0 Å². The summed E-state index contributed by atoms with van der Waals surface area (Å²) in [4.78, 5) is 2.63. The third kappa shape index (κ3) is 4.87. The number of hydrogen-bond donors (Lipinski definition) is 1. The normalized spacial score (nSPS) is 31.7. The van der Waals surface area contributed by atoms with Crippen molar-refractivity contribution in [3.05, 3.63) is 0 Å². The van der Waals surface area contributed by atoms with Gasteiger partial charge in [0.25, 0.3) is 0 Å². The zero-order chi connectivity index (χ0) is 12.8. The minimum absolute atomic E-state index is 0.519. The minimum Gasteiger partial charge on any atom is -0.378 e. The molecule has 18 heavy (non-hydrogen) atoms. The second kappa shape index (κ2) is 7.46. The van der Waals surface area contributed by atoms with Crippen LogP contribution in [-0.2, 0) is 4.74 Å². The van der Waals surface area contributed by atoms with Gasteiger partial charge >= 0.3 is 0 Å². The van der Waals surface area contributed by atoms with Crippen molar-refractivity contribution in [3.63, 3.8) is 0 Å². The van der Waals surface area contributed by atoms with Crippen molar-refractivity contribution in [2.24, 2.45) is 11.8 Å². The van der Waals surface area contributed by atoms with Gasteiger partial charge in [-0.2, -0.15) is 0 Å². The highest BCUT2D eigenvalue weighted by Gasteiger charge is 2.21. The van der Waals surface area contributed by atoms with Gasteiger partial charge in [0.1, 0.15) is 0 Å². The average Bonchev–Trinajstić information content (AvgIpc) is 2.35. The van der Waals surface area contributed by atoms with Gasteiger partial charge in [0.15, 0.2) is 0 Å². The second-order valence-corrected chi connectivity index (χ2v) is 6.38. The van der Waals surface area contributed by atoms with Crippen LogP contribution >= 0.6 is 0 Å². The topological polar surface area (TPSA) is 24.5 Å². The lowest BCUT2D eigenvalue weighted by atomic mass is 9.92. The fraction of sp³-hybridized carbons (Fsp3) is 1.00. The van der Waals surface area contributed by atoms with E-state index >= 15 is 0 Å². The first kappa shape index (κ1) is 14.3. The molecule has 0 spiro atoms. The summed E-state index contributed by atoms with van der Waals surface area (Å²) in [6.45, 7) is 11.8. The van der Waals surface area contributed by atoms with Crippen LogP contribution in [0.2, 0.25) is 0 Å². The maximum Gasteiger partial charge on any atom is 0.0599 e. The highest BCUT2D eigenvalue weighted by Crippen LogP contribution is 2.20. The Morgan fingerprint density at radius 1 is 1.11 bits per heavy atom. The van der Waals surface area contributed by atoms with Gasteiger partial charge in [-0.05, 0) is 50.6 Å². The van der Waals surface area contributed by atoms with Crippen LogP contribution in [-0.4, -0.2) is 50.3 Å². The van der Waals surface area contributed by atoms with E-state index in [1.165, 1.54) is 45.3 Å². The predicted molar refractivity (Wildman–Crippen MR) is 75.8 cm³/mol. The van der Waals surface area contributed by atoms with Crippen LogP contribution in [0.4, 0.5) is 0 Å². The maximum absolute atomic E-state index is 5.96. The minimum atomic E-state index is 0.519. The quantitative estimate of drug-likeness (QED) is 0.761. The van der Waals surface area contributed by atoms with Crippen molar-refractivity contribution in [1.29, 1.82) is 0 Å². The molecule has 2 fully saturated rings.